The third kappa shape index (κ3) is 6.91. The summed E-state index contributed by atoms with van der Waals surface area (Å²) in [6.45, 7) is 7.86. The lowest BCUT2D eigenvalue weighted by molar-refractivity contribution is 1.21. The van der Waals surface area contributed by atoms with E-state index in [1.165, 1.54) is 43.8 Å². The minimum absolute atomic E-state index is 1.04. The van der Waals surface area contributed by atoms with Gasteiger partial charge in [0.05, 0.1) is 0 Å². The Bertz CT molecular complexity index is 2560. The summed E-state index contributed by atoms with van der Waals surface area (Å²) in [6.07, 6.45) is 5.65. The second-order valence-electron chi connectivity index (χ2n) is 13.2. The van der Waals surface area contributed by atoms with Crippen LogP contribution in [0.2, 0.25) is 0 Å². The summed E-state index contributed by atoms with van der Waals surface area (Å²) >= 11 is 0. The van der Waals surface area contributed by atoms with Gasteiger partial charge in [0.15, 0.2) is 0 Å². The minimum Gasteiger partial charge on any atom is -0.345 e. The van der Waals surface area contributed by atoms with E-state index in [2.05, 4.69) is 212 Å². The van der Waals surface area contributed by atoms with Gasteiger partial charge in [0.25, 0.3) is 0 Å². The van der Waals surface area contributed by atoms with E-state index in [0.29, 0.717) is 0 Å². The molecule has 0 aliphatic carbocycles. The lowest BCUT2D eigenvalue weighted by atomic mass is 10.0. The third-order valence-electron chi connectivity index (χ3n) is 10.00. The first-order chi connectivity index (χ1) is 26.1. The van der Waals surface area contributed by atoms with Crippen molar-refractivity contribution in [2.75, 3.05) is 16.8 Å². The van der Waals surface area contributed by atoms with Crippen LogP contribution in [0.5, 0.6) is 0 Å². The summed E-state index contributed by atoms with van der Waals surface area (Å²) < 4.78 is 0. The number of allylic oxidation sites excluding steroid dienone is 4. The van der Waals surface area contributed by atoms with Crippen molar-refractivity contribution in [2.24, 2.45) is 0 Å². The number of rotatable bonds is 10. The van der Waals surface area contributed by atoms with E-state index in [1.54, 1.807) is 6.08 Å². The summed E-state index contributed by atoms with van der Waals surface area (Å²) in [5.74, 6) is 0. The molecular weight excluding hydrogens is 641 g/mol. The van der Waals surface area contributed by atoms with Crippen molar-refractivity contribution < 1.29 is 0 Å². The third-order valence-corrected chi connectivity index (χ3v) is 10.00. The van der Waals surface area contributed by atoms with E-state index in [4.69, 9.17) is 0 Å². The van der Waals surface area contributed by atoms with E-state index < -0.39 is 0 Å². The molecule has 0 unspecified atom stereocenters. The van der Waals surface area contributed by atoms with Crippen LogP contribution in [0.15, 0.2) is 213 Å². The zero-order valence-corrected chi connectivity index (χ0v) is 29.9. The van der Waals surface area contributed by atoms with Crippen molar-refractivity contribution in [2.45, 2.75) is 0 Å². The Balaban J connectivity index is 1.07. The maximum Gasteiger partial charge on any atom is 0.0462 e. The normalized spacial score (nSPS) is 11.4. The van der Waals surface area contributed by atoms with Crippen molar-refractivity contribution in [3.8, 4) is 22.3 Å². The summed E-state index contributed by atoms with van der Waals surface area (Å²) in [5.41, 5.74) is 12.4. The summed E-state index contributed by atoms with van der Waals surface area (Å²) in [7, 11) is 2.13. The summed E-state index contributed by atoms with van der Waals surface area (Å²) in [6, 6.07) is 65.4. The van der Waals surface area contributed by atoms with Crippen LogP contribution >= 0.6 is 0 Å². The van der Waals surface area contributed by atoms with Gasteiger partial charge in [-0.15, -0.1) is 0 Å². The molecule has 0 bridgehead atoms. The molecule has 0 saturated carbocycles. The first-order valence-electron chi connectivity index (χ1n) is 18.0. The number of benzene rings is 8. The Morgan fingerprint density at radius 1 is 0.415 bits per heavy atom. The molecule has 0 atom stereocenters. The molecule has 2 heteroatoms. The van der Waals surface area contributed by atoms with Crippen LogP contribution in [0.3, 0.4) is 0 Å². The van der Waals surface area contributed by atoms with Crippen molar-refractivity contribution in [1.29, 1.82) is 0 Å². The fourth-order valence-corrected chi connectivity index (χ4v) is 7.06. The van der Waals surface area contributed by atoms with Gasteiger partial charge in [-0.25, -0.2) is 0 Å². The van der Waals surface area contributed by atoms with Crippen LogP contribution in [0.4, 0.5) is 28.4 Å². The van der Waals surface area contributed by atoms with Crippen LogP contribution in [-0.4, -0.2) is 7.05 Å². The Hall–Kier alpha value is -6.90. The maximum absolute atomic E-state index is 3.99. The highest BCUT2D eigenvalue weighted by atomic mass is 15.1. The number of anilines is 5. The second kappa shape index (κ2) is 14.8. The average Bonchev–Trinajstić information content (AvgIpc) is 3.23. The first-order valence-corrected chi connectivity index (χ1v) is 18.0. The molecule has 53 heavy (non-hydrogen) atoms. The predicted octanol–water partition coefficient (Wildman–Crippen LogP) is 14.3. The van der Waals surface area contributed by atoms with E-state index in [0.717, 1.165) is 39.6 Å². The molecule has 0 fully saturated rings. The number of hydrogen-bond acceptors (Lipinski definition) is 2. The number of hydrogen-bond donors (Lipinski definition) is 0. The molecule has 0 radical (unpaired) electrons. The van der Waals surface area contributed by atoms with Crippen LogP contribution in [0, 0.1) is 0 Å². The van der Waals surface area contributed by atoms with E-state index in [1.807, 2.05) is 12.2 Å². The highest BCUT2D eigenvalue weighted by Gasteiger charge is 2.14. The quantitative estimate of drug-likeness (QED) is 0.105. The van der Waals surface area contributed by atoms with Crippen molar-refractivity contribution >= 4 is 55.6 Å². The van der Waals surface area contributed by atoms with Gasteiger partial charge in [0.2, 0.25) is 0 Å². The fourth-order valence-electron chi connectivity index (χ4n) is 7.06. The van der Waals surface area contributed by atoms with Gasteiger partial charge in [0.1, 0.15) is 0 Å². The molecule has 0 aromatic heterocycles. The Kier molecular flexibility index (Phi) is 9.26. The summed E-state index contributed by atoms with van der Waals surface area (Å²) in [5, 5.41) is 5.02. The molecule has 8 rings (SSSR count). The predicted molar refractivity (Wildman–Crippen MR) is 230 cm³/mol. The fraction of sp³-hybridized carbons (Fsp3) is 0.0196. The SMILES string of the molecule is C=C/C=C(\C=C)c1ccc(N(c2ccc(-c3ccccc3)cc2)c2ccc(-c3ccc(N(C)c4ccc5cc6ccccc6cc5c4)cc3)cc2)cc1. The molecule has 0 aliphatic rings. The van der Waals surface area contributed by atoms with Crippen LogP contribution in [0.1, 0.15) is 5.56 Å². The topological polar surface area (TPSA) is 6.48 Å². The zero-order valence-electron chi connectivity index (χ0n) is 29.9. The van der Waals surface area contributed by atoms with Gasteiger partial charge in [-0.2, -0.15) is 0 Å². The highest BCUT2D eigenvalue weighted by molar-refractivity contribution is 5.99. The molecule has 0 amide bonds. The van der Waals surface area contributed by atoms with Crippen molar-refractivity contribution in [3.05, 3.63) is 219 Å². The first kappa shape index (κ1) is 33.3. The van der Waals surface area contributed by atoms with Crippen LogP contribution < -0.4 is 9.80 Å². The maximum atomic E-state index is 3.99. The van der Waals surface area contributed by atoms with Gasteiger partial charge >= 0.3 is 0 Å². The lowest BCUT2D eigenvalue weighted by Gasteiger charge is -2.26. The Morgan fingerprint density at radius 2 is 0.849 bits per heavy atom. The number of fused-ring (bicyclic) bond motifs is 2. The van der Waals surface area contributed by atoms with Crippen molar-refractivity contribution in [3.63, 3.8) is 0 Å². The zero-order chi connectivity index (χ0) is 36.1. The monoisotopic (exact) mass is 680 g/mol. The van der Waals surface area contributed by atoms with Gasteiger partial charge in [-0.3, -0.25) is 0 Å². The second-order valence-corrected chi connectivity index (χ2v) is 13.2. The molecule has 2 nitrogen and oxygen atoms in total. The van der Waals surface area contributed by atoms with E-state index >= 15 is 0 Å². The lowest BCUT2D eigenvalue weighted by Crippen LogP contribution is -2.10. The molecule has 254 valence electrons. The largest absolute Gasteiger partial charge is 0.345 e. The Labute approximate surface area is 312 Å². The van der Waals surface area contributed by atoms with Gasteiger partial charge in [0, 0.05) is 35.5 Å². The molecule has 0 aliphatic heterocycles. The molecule has 0 saturated heterocycles. The standard InChI is InChI=1S/C51H40N2/c1-4-11-37(5-2)39-18-27-48(28-19-39)53(49-29-20-40(21-30-49)38-12-7-6-8-13-38)50-31-22-42(23-32-50)41-16-25-47(26-17-41)52(3)51-33-24-45-34-43-14-9-10-15-44(43)35-46(45)36-51/h4-36H,1-2H2,3H3/b37-11+. The molecular formula is C51H40N2. The summed E-state index contributed by atoms with van der Waals surface area (Å²) in [4.78, 5) is 4.55. The smallest absolute Gasteiger partial charge is 0.0462 e. The minimum atomic E-state index is 1.04. The van der Waals surface area contributed by atoms with Gasteiger partial charge in [-0.1, -0.05) is 141 Å². The number of nitrogens with zero attached hydrogens (tertiary/aromatic N) is 2. The van der Waals surface area contributed by atoms with Crippen LogP contribution in [0.25, 0.3) is 49.4 Å². The molecule has 0 heterocycles. The Morgan fingerprint density at radius 3 is 1.38 bits per heavy atom. The molecule has 8 aromatic carbocycles. The molecule has 0 spiro atoms. The van der Waals surface area contributed by atoms with E-state index in [9.17, 15) is 0 Å². The van der Waals surface area contributed by atoms with Crippen LogP contribution in [-0.2, 0) is 0 Å². The highest BCUT2D eigenvalue weighted by Crippen LogP contribution is 2.38. The van der Waals surface area contributed by atoms with Gasteiger partial charge < -0.3 is 9.80 Å². The van der Waals surface area contributed by atoms with E-state index in [-0.39, 0.29) is 0 Å². The average molecular weight is 681 g/mol. The molecule has 8 aromatic rings. The van der Waals surface area contributed by atoms with Crippen molar-refractivity contribution in [1.82, 2.24) is 0 Å². The van der Waals surface area contributed by atoms with Gasteiger partial charge in [-0.05, 0) is 128 Å². The molecule has 0 N–H and O–H groups in total.